The lowest BCUT2D eigenvalue weighted by Gasteiger charge is -2.24. The third kappa shape index (κ3) is 3.38. The Kier molecular flexibility index (Phi) is 5.02. The van der Waals surface area contributed by atoms with E-state index in [0.717, 1.165) is 0 Å². The Morgan fingerprint density at radius 1 is 1.45 bits per heavy atom. The van der Waals surface area contributed by atoms with E-state index in [4.69, 9.17) is 4.74 Å². The molecule has 2 rings (SSSR count). The number of carbonyl (C=O) groups is 2. The molecule has 0 bridgehead atoms. The van der Waals surface area contributed by atoms with Gasteiger partial charge in [0.25, 0.3) is 5.56 Å². The summed E-state index contributed by atoms with van der Waals surface area (Å²) in [5.41, 5.74) is -1.34. The average Bonchev–Trinajstić information content (AvgIpc) is 2.89. The van der Waals surface area contributed by atoms with Crippen LogP contribution < -0.4 is 5.56 Å². The van der Waals surface area contributed by atoms with Gasteiger partial charge in [-0.05, 0) is 28.4 Å². The highest BCUT2D eigenvalue weighted by Crippen LogP contribution is 2.31. The van der Waals surface area contributed by atoms with E-state index < -0.39 is 11.4 Å². The molecule has 0 aromatic carbocycles. The maximum atomic E-state index is 12.3. The van der Waals surface area contributed by atoms with Crippen LogP contribution in [0.4, 0.5) is 0 Å². The van der Waals surface area contributed by atoms with Crippen LogP contribution in [0.5, 0.6) is 0 Å². The molecule has 8 heteroatoms. The molecule has 1 fully saturated rings. The van der Waals surface area contributed by atoms with Gasteiger partial charge in [0.1, 0.15) is 12.0 Å². The number of methoxy groups -OCH3 is 1. The molecule has 0 saturated carbocycles. The van der Waals surface area contributed by atoms with E-state index in [-0.39, 0.29) is 31.2 Å². The second-order valence-electron chi connectivity index (χ2n) is 5.40. The number of nitrogens with zero attached hydrogens (tertiary/aromatic N) is 2. The van der Waals surface area contributed by atoms with Gasteiger partial charge in [0.2, 0.25) is 5.91 Å². The lowest BCUT2D eigenvalue weighted by atomic mass is 9.88. The summed E-state index contributed by atoms with van der Waals surface area (Å²) in [7, 11) is 1.44. The highest BCUT2D eigenvalue weighted by molar-refractivity contribution is 9.10. The van der Waals surface area contributed by atoms with Gasteiger partial charge in [0.05, 0.1) is 6.61 Å². The van der Waals surface area contributed by atoms with Crippen molar-refractivity contribution in [2.75, 3.05) is 26.8 Å². The summed E-state index contributed by atoms with van der Waals surface area (Å²) in [6, 6.07) is 2.97. The van der Waals surface area contributed by atoms with Gasteiger partial charge < -0.3 is 19.3 Å². The van der Waals surface area contributed by atoms with Gasteiger partial charge in [-0.2, -0.15) is 0 Å². The number of carbonyl (C=O) groups excluding carboxylic acids is 1. The third-order valence-corrected chi connectivity index (χ3v) is 4.30. The highest BCUT2D eigenvalue weighted by atomic mass is 79.9. The molecule has 1 saturated heterocycles. The van der Waals surface area contributed by atoms with Crippen LogP contribution in [-0.4, -0.2) is 53.3 Å². The van der Waals surface area contributed by atoms with Gasteiger partial charge in [0.15, 0.2) is 0 Å². The Bertz CT molecular complexity index is 644. The predicted molar refractivity (Wildman–Crippen MR) is 81.5 cm³/mol. The Hall–Kier alpha value is -1.67. The molecule has 0 spiro atoms. The van der Waals surface area contributed by atoms with Crippen molar-refractivity contribution in [1.82, 2.24) is 9.47 Å². The van der Waals surface area contributed by atoms with Crippen LogP contribution in [0.15, 0.2) is 27.6 Å². The van der Waals surface area contributed by atoms with Crippen molar-refractivity contribution < 1.29 is 19.4 Å². The van der Waals surface area contributed by atoms with Crippen LogP contribution in [-0.2, 0) is 20.9 Å². The molecule has 1 atom stereocenters. The van der Waals surface area contributed by atoms with Crippen LogP contribution in [0.2, 0.25) is 0 Å². The highest BCUT2D eigenvalue weighted by Gasteiger charge is 2.46. The second-order valence-corrected chi connectivity index (χ2v) is 6.31. The van der Waals surface area contributed by atoms with Gasteiger partial charge in [-0.25, -0.2) is 0 Å². The van der Waals surface area contributed by atoms with Crippen LogP contribution in [0, 0.1) is 5.41 Å². The maximum Gasteiger partial charge on any atom is 0.313 e. The summed E-state index contributed by atoms with van der Waals surface area (Å²) in [6.07, 6.45) is 1.88. The molecular weight excluding hydrogens is 356 g/mol. The first-order chi connectivity index (χ1) is 10.4. The van der Waals surface area contributed by atoms with Crippen molar-refractivity contribution in [3.05, 3.63) is 33.2 Å². The predicted octanol–water partition coefficient (Wildman–Crippen LogP) is 0.560. The van der Waals surface area contributed by atoms with E-state index in [1.54, 1.807) is 6.07 Å². The van der Waals surface area contributed by atoms with E-state index in [1.807, 2.05) is 0 Å². The zero-order valence-electron chi connectivity index (χ0n) is 12.1. The first kappa shape index (κ1) is 16.7. The quantitative estimate of drug-likeness (QED) is 0.815. The summed E-state index contributed by atoms with van der Waals surface area (Å²) in [5, 5.41) is 9.39. The van der Waals surface area contributed by atoms with Crippen LogP contribution in [0.3, 0.4) is 0 Å². The number of pyridine rings is 1. The van der Waals surface area contributed by atoms with E-state index in [1.165, 1.54) is 28.8 Å². The molecule has 1 amide bonds. The monoisotopic (exact) mass is 372 g/mol. The Balaban J connectivity index is 2.10. The van der Waals surface area contributed by atoms with Crippen LogP contribution >= 0.6 is 15.9 Å². The normalized spacial score (nSPS) is 21.1. The summed E-state index contributed by atoms with van der Waals surface area (Å²) in [4.78, 5) is 37.0. The number of amides is 1. The van der Waals surface area contributed by atoms with Crippen molar-refractivity contribution in [3.8, 4) is 0 Å². The molecule has 1 aromatic heterocycles. The molecule has 1 unspecified atom stereocenters. The molecule has 1 aliphatic rings. The second kappa shape index (κ2) is 6.62. The number of carboxylic acids is 1. The lowest BCUT2D eigenvalue weighted by Crippen LogP contribution is -2.41. The lowest BCUT2D eigenvalue weighted by molar-refractivity contribution is -0.151. The minimum Gasteiger partial charge on any atom is -0.481 e. The Morgan fingerprint density at radius 3 is 2.82 bits per heavy atom. The molecule has 1 aromatic rings. The summed E-state index contributed by atoms with van der Waals surface area (Å²) < 4.78 is 6.98. The minimum atomic E-state index is -1.06. The van der Waals surface area contributed by atoms with E-state index >= 15 is 0 Å². The van der Waals surface area contributed by atoms with Gasteiger partial charge >= 0.3 is 5.97 Å². The fraction of sp³-hybridized carbons (Fsp3) is 0.500. The zero-order chi connectivity index (χ0) is 16.3. The molecule has 1 aliphatic heterocycles. The van der Waals surface area contributed by atoms with Crippen molar-refractivity contribution in [2.24, 2.45) is 5.41 Å². The smallest absolute Gasteiger partial charge is 0.313 e. The van der Waals surface area contributed by atoms with Gasteiger partial charge in [-0.3, -0.25) is 14.4 Å². The maximum absolute atomic E-state index is 12.3. The first-order valence-electron chi connectivity index (χ1n) is 6.74. The Labute approximate surface area is 135 Å². The average molecular weight is 373 g/mol. The standard InChI is InChI=1S/C14H17BrN2O5/c1-22-9-14(13(20)21)4-5-16(8-14)12(19)7-17-6-10(15)2-3-11(17)18/h2-3,6H,4-5,7-9H2,1H3,(H,20,21). The topological polar surface area (TPSA) is 88.8 Å². The number of likely N-dealkylation sites (tertiary alicyclic amines) is 1. The fourth-order valence-corrected chi connectivity index (χ4v) is 2.97. The molecule has 22 heavy (non-hydrogen) atoms. The van der Waals surface area contributed by atoms with Crippen molar-refractivity contribution in [1.29, 1.82) is 0 Å². The SMILES string of the molecule is COCC1(C(=O)O)CCN(C(=O)Cn2cc(Br)ccc2=O)C1. The van der Waals surface area contributed by atoms with E-state index in [9.17, 15) is 19.5 Å². The van der Waals surface area contributed by atoms with Crippen LogP contribution in [0.1, 0.15) is 6.42 Å². The largest absolute Gasteiger partial charge is 0.481 e. The van der Waals surface area contributed by atoms with Crippen molar-refractivity contribution >= 4 is 27.8 Å². The van der Waals surface area contributed by atoms with Crippen molar-refractivity contribution in [2.45, 2.75) is 13.0 Å². The summed E-state index contributed by atoms with van der Waals surface area (Å²) in [5.74, 6) is -1.25. The van der Waals surface area contributed by atoms with Crippen molar-refractivity contribution in [3.63, 3.8) is 0 Å². The number of hydrogen-bond acceptors (Lipinski definition) is 4. The van der Waals surface area contributed by atoms with Gasteiger partial charge in [-0.15, -0.1) is 0 Å². The molecule has 120 valence electrons. The van der Waals surface area contributed by atoms with Crippen LogP contribution in [0.25, 0.3) is 0 Å². The summed E-state index contributed by atoms with van der Waals surface area (Å²) >= 11 is 3.25. The summed E-state index contributed by atoms with van der Waals surface area (Å²) in [6.45, 7) is 0.388. The number of hydrogen-bond donors (Lipinski definition) is 1. The number of carboxylic acid groups (broad SMARTS) is 1. The molecule has 7 nitrogen and oxygen atoms in total. The number of ether oxygens (including phenoxy) is 1. The Morgan fingerprint density at radius 2 is 2.18 bits per heavy atom. The number of halogens is 1. The fourth-order valence-electron chi connectivity index (χ4n) is 2.59. The minimum absolute atomic E-state index is 0.0585. The van der Waals surface area contributed by atoms with E-state index in [2.05, 4.69) is 15.9 Å². The molecular formula is C14H17BrN2O5. The van der Waals surface area contributed by atoms with Gasteiger partial charge in [0, 0.05) is 36.9 Å². The molecule has 0 aliphatic carbocycles. The van der Waals surface area contributed by atoms with Gasteiger partial charge in [-0.1, -0.05) is 0 Å². The zero-order valence-corrected chi connectivity index (χ0v) is 13.7. The molecule has 1 N–H and O–H groups in total. The number of aliphatic carboxylic acids is 1. The first-order valence-corrected chi connectivity index (χ1v) is 7.53. The molecule has 2 heterocycles. The number of rotatable bonds is 5. The van der Waals surface area contributed by atoms with E-state index in [0.29, 0.717) is 17.4 Å². The third-order valence-electron chi connectivity index (χ3n) is 3.83. The molecule has 0 radical (unpaired) electrons. The number of aromatic nitrogens is 1.